The summed E-state index contributed by atoms with van der Waals surface area (Å²) >= 11 is 0. The number of hydrogen-bond donors (Lipinski definition) is 0. The van der Waals surface area contributed by atoms with Gasteiger partial charge in [-0.2, -0.15) is 0 Å². The van der Waals surface area contributed by atoms with Crippen LogP contribution in [0.25, 0.3) is 11.1 Å². The fourth-order valence-electron chi connectivity index (χ4n) is 3.55. The first-order valence-electron chi connectivity index (χ1n) is 8.89. The van der Waals surface area contributed by atoms with Crippen molar-refractivity contribution in [2.45, 2.75) is 45.4 Å². The van der Waals surface area contributed by atoms with Gasteiger partial charge in [0.1, 0.15) is 5.78 Å². The molecule has 0 N–H and O–H groups in total. The third-order valence-corrected chi connectivity index (χ3v) is 5.25. The molecule has 1 fully saturated rings. The zero-order valence-electron chi connectivity index (χ0n) is 15.7. The van der Waals surface area contributed by atoms with Gasteiger partial charge in [0.2, 0.25) is 0 Å². The predicted octanol–water partition coefficient (Wildman–Crippen LogP) is 0.431. The number of carboxylic acids is 1. The van der Waals surface area contributed by atoms with Gasteiger partial charge in [0.15, 0.2) is 0 Å². The Morgan fingerprint density at radius 2 is 1.88 bits per heavy atom. The molecule has 1 saturated carbocycles. The second kappa shape index (κ2) is 8.98. The number of rotatable bonds is 5. The Bertz CT molecular complexity index is 796. The number of hydrogen-bond acceptors (Lipinski definition) is 3. The summed E-state index contributed by atoms with van der Waals surface area (Å²) in [7, 11) is 0. The number of ketones is 1. The monoisotopic (exact) mass is 358 g/mol. The SMILES string of the molecule is Cc1ccc(-c2cc(C(C)C(=O)[O-])ccc2CC2CCCC2=O)cc1.[Na+]. The van der Waals surface area contributed by atoms with Crippen molar-refractivity contribution in [1.29, 1.82) is 0 Å². The normalized spacial score (nSPS) is 17.6. The molecule has 0 aromatic heterocycles. The Hall–Kier alpha value is -1.42. The summed E-state index contributed by atoms with van der Waals surface area (Å²) in [5.41, 5.74) is 5.09. The number of carboxylic acid groups (broad SMARTS) is 1. The van der Waals surface area contributed by atoms with Crippen LogP contribution in [0.1, 0.15) is 48.8 Å². The molecule has 130 valence electrons. The summed E-state index contributed by atoms with van der Waals surface area (Å²) in [5, 5.41) is 11.2. The molecule has 3 rings (SSSR count). The van der Waals surface area contributed by atoms with Gasteiger partial charge in [0, 0.05) is 24.2 Å². The Kier molecular flexibility index (Phi) is 7.22. The summed E-state index contributed by atoms with van der Waals surface area (Å²) in [4.78, 5) is 23.3. The number of Topliss-reactive ketones (excluding diaryl/α,β-unsaturated/α-hetero) is 1. The third kappa shape index (κ3) is 4.64. The van der Waals surface area contributed by atoms with Gasteiger partial charge in [-0.25, -0.2) is 0 Å². The zero-order valence-corrected chi connectivity index (χ0v) is 17.7. The summed E-state index contributed by atoms with van der Waals surface area (Å²) in [6.45, 7) is 3.68. The minimum atomic E-state index is -1.08. The molecule has 1 aliphatic rings. The molecule has 0 amide bonds. The van der Waals surface area contributed by atoms with Crippen LogP contribution in [0.3, 0.4) is 0 Å². The second-order valence-electron chi connectivity index (χ2n) is 7.08. The van der Waals surface area contributed by atoms with E-state index in [4.69, 9.17) is 0 Å². The molecule has 0 saturated heterocycles. The third-order valence-electron chi connectivity index (χ3n) is 5.25. The number of aryl methyl sites for hydroxylation is 1. The molecular weight excluding hydrogens is 335 g/mol. The summed E-state index contributed by atoms with van der Waals surface area (Å²) in [6.07, 6.45) is 3.33. The first-order chi connectivity index (χ1) is 12.0. The number of carbonyl (C=O) groups is 2. The van der Waals surface area contributed by atoms with E-state index in [0.29, 0.717) is 12.2 Å². The fraction of sp³-hybridized carbons (Fsp3) is 0.364. The van der Waals surface area contributed by atoms with Gasteiger partial charge in [0.05, 0.1) is 0 Å². The second-order valence-corrected chi connectivity index (χ2v) is 7.08. The fourth-order valence-corrected chi connectivity index (χ4v) is 3.55. The number of carbonyl (C=O) groups excluding carboxylic acids is 2. The minimum Gasteiger partial charge on any atom is -0.550 e. The zero-order chi connectivity index (χ0) is 18.0. The van der Waals surface area contributed by atoms with Crippen LogP contribution in [0.15, 0.2) is 42.5 Å². The van der Waals surface area contributed by atoms with Gasteiger partial charge < -0.3 is 9.90 Å². The number of benzene rings is 2. The first-order valence-corrected chi connectivity index (χ1v) is 8.89. The topological polar surface area (TPSA) is 57.2 Å². The molecule has 2 aromatic carbocycles. The maximum absolute atomic E-state index is 12.0. The molecule has 3 nitrogen and oxygen atoms in total. The van der Waals surface area contributed by atoms with Crippen molar-refractivity contribution in [2.75, 3.05) is 0 Å². The van der Waals surface area contributed by atoms with Crippen LogP contribution in [0, 0.1) is 12.8 Å². The van der Waals surface area contributed by atoms with Crippen LogP contribution >= 0.6 is 0 Å². The van der Waals surface area contributed by atoms with Crippen molar-refractivity contribution < 1.29 is 44.3 Å². The Morgan fingerprint density at radius 3 is 2.46 bits per heavy atom. The first kappa shape index (κ1) is 20.9. The van der Waals surface area contributed by atoms with Gasteiger partial charge in [-0.3, -0.25) is 4.79 Å². The molecule has 0 heterocycles. The Labute approximate surface area is 177 Å². The molecular formula is C22H23NaO3. The van der Waals surface area contributed by atoms with E-state index in [2.05, 4.69) is 24.3 Å². The van der Waals surface area contributed by atoms with Crippen molar-refractivity contribution in [3.63, 3.8) is 0 Å². The van der Waals surface area contributed by atoms with Gasteiger partial charge in [-0.05, 0) is 48.4 Å². The van der Waals surface area contributed by atoms with Crippen LogP contribution in [-0.4, -0.2) is 11.8 Å². The van der Waals surface area contributed by atoms with Crippen molar-refractivity contribution in [1.82, 2.24) is 0 Å². The van der Waals surface area contributed by atoms with E-state index < -0.39 is 11.9 Å². The smallest absolute Gasteiger partial charge is 0.550 e. The van der Waals surface area contributed by atoms with Gasteiger partial charge in [-0.1, -0.05) is 55.0 Å². The van der Waals surface area contributed by atoms with E-state index in [1.54, 1.807) is 6.92 Å². The quantitative estimate of drug-likeness (QED) is 0.729. The van der Waals surface area contributed by atoms with Crippen LogP contribution in [-0.2, 0) is 16.0 Å². The summed E-state index contributed by atoms with van der Waals surface area (Å²) < 4.78 is 0. The molecule has 0 aliphatic heterocycles. The largest absolute Gasteiger partial charge is 1.00 e. The Morgan fingerprint density at radius 1 is 1.19 bits per heavy atom. The van der Waals surface area contributed by atoms with Crippen molar-refractivity contribution >= 4 is 11.8 Å². The molecule has 4 heteroatoms. The Balaban J connectivity index is 0.00000243. The molecule has 2 aromatic rings. The van der Waals surface area contributed by atoms with Gasteiger partial charge >= 0.3 is 29.6 Å². The van der Waals surface area contributed by atoms with Crippen LogP contribution in [0.5, 0.6) is 0 Å². The maximum Gasteiger partial charge on any atom is 1.00 e. The van der Waals surface area contributed by atoms with Crippen molar-refractivity contribution in [3.05, 3.63) is 59.2 Å². The predicted molar refractivity (Wildman–Crippen MR) is 96.1 cm³/mol. The van der Waals surface area contributed by atoms with E-state index in [1.807, 2.05) is 25.1 Å². The van der Waals surface area contributed by atoms with Crippen molar-refractivity contribution in [3.8, 4) is 11.1 Å². The van der Waals surface area contributed by atoms with Crippen LogP contribution < -0.4 is 34.7 Å². The molecule has 2 unspecified atom stereocenters. The number of aliphatic carboxylic acids is 1. The summed E-state index contributed by atoms with van der Waals surface area (Å²) in [6, 6.07) is 14.0. The van der Waals surface area contributed by atoms with E-state index in [1.165, 1.54) is 5.56 Å². The summed E-state index contributed by atoms with van der Waals surface area (Å²) in [5.74, 6) is -1.30. The molecule has 26 heavy (non-hydrogen) atoms. The van der Waals surface area contributed by atoms with Crippen LogP contribution in [0.2, 0.25) is 0 Å². The van der Waals surface area contributed by atoms with E-state index in [0.717, 1.165) is 41.5 Å². The van der Waals surface area contributed by atoms with Gasteiger partial charge in [0.25, 0.3) is 0 Å². The standard InChI is InChI=1S/C22H24O3.Na/c1-14-6-8-16(9-7-14)20-13-17(15(2)22(24)25)10-11-18(20)12-19-4-3-5-21(19)23;/h6-11,13,15,19H,3-5,12H2,1-2H3,(H,24,25);/q;+1/p-1. The van der Waals surface area contributed by atoms with E-state index >= 15 is 0 Å². The average molecular weight is 358 g/mol. The van der Waals surface area contributed by atoms with Crippen molar-refractivity contribution in [2.24, 2.45) is 5.92 Å². The van der Waals surface area contributed by atoms with E-state index in [9.17, 15) is 14.7 Å². The molecule has 0 bridgehead atoms. The van der Waals surface area contributed by atoms with Gasteiger partial charge in [-0.15, -0.1) is 0 Å². The maximum atomic E-state index is 12.0. The average Bonchev–Trinajstić information content (AvgIpc) is 3.00. The molecule has 0 spiro atoms. The van der Waals surface area contributed by atoms with E-state index in [-0.39, 0.29) is 35.5 Å². The molecule has 1 aliphatic carbocycles. The minimum absolute atomic E-state index is 0. The molecule has 2 atom stereocenters. The van der Waals surface area contributed by atoms with Crippen LogP contribution in [0.4, 0.5) is 0 Å². The molecule has 0 radical (unpaired) electrons.